The van der Waals surface area contributed by atoms with Crippen LogP contribution in [-0.4, -0.2) is 39.0 Å². The van der Waals surface area contributed by atoms with Crippen LogP contribution in [0.5, 0.6) is 0 Å². The highest BCUT2D eigenvalue weighted by atomic mass is 32.1. The van der Waals surface area contributed by atoms with Gasteiger partial charge in [0.15, 0.2) is 5.41 Å². The molecule has 0 saturated carbocycles. The highest BCUT2D eigenvalue weighted by Crippen LogP contribution is 2.28. The fourth-order valence-corrected chi connectivity index (χ4v) is 1.38. The van der Waals surface area contributed by atoms with Crippen LogP contribution in [0.4, 0.5) is 0 Å². The molecule has 0 heterocycles. The second-order valence-electron chi connectivity index (χ2n) is 2.74. The van der Waals surface area contributed by atoms with Gasteiger partial charge >= 0.3 is 17.9 Å². The Morgan fingerprint density at radius 2 is 1.50 bits per heavy atom. The maximum atomic E-state index is 10.7. The number of aliphatic carboxylic acids is 3. The van der Waals surface area contributed by atoms with Crippen LogP contribution < -0.4 is 0 Å². The molecule has 7 heteroatoms. The molecule has 0 fully saturated rings. The van der Waals surface area contributed by atoms with Gasteiger partial charge in [0.25, 0.3) is 0 Å². The molecule has 0 amide bonds. The summed E-state index contributed by atoms with van der Waals surface area (Å²) in [5, 5.41) is 25.8. The molecule has 0 spiro atoms. The van der Waals surface area contributed by atoms with E-state index in [2.05, 4.69) is 12.6 Å². The van der Waals surface area contributed by atoms with Gasteiger partial charge in [0.1, 0.15) is 0 Å². The first-order chi connectivity index (χ1) is 6.36. The van der Waals surface area contributed by atoms with Crippen molar-refractivity contribution in [2.45, 2.75) is 12.8 Å². The Morgan fingerprint density at radius 1 is 1.07 bits per heavy atom. The smallest absolute Gasteiger partial charge is 0.321 e. The van der Waals surface area contributed by atoms with Gasteiger partial charge in [-0.3, -0.25) is 14.4 Å². The average molecular weight is 222 g/mol. The molecule has 3 N–H and O–H groups in total. The molecular weight excluding hydrogens is 212 g/mol. The van der Waals surface area contributed by atoms with E-state index in [1.54, 1.807) is 0 Å². The fraction of sp³-hybridized carbons (Fsp3) is 0.571. The predicted octanol–water partition coefficient (Wildman–Crippen LogP) is -0.0634. The van der Waals surface area contributed by atoms with Crippen molar-refractivity contribution in [1.29, 1.82) is 0 Å². The highest BCUT2D eigenvalue weighted by molar-refractivity contribution is 7.80. The lowest BCUT2D eigenvalue weighted by Crippen LogP contribution is -2.41. The lowest BCUT2D eigenvalue weighted by atomic mass is 9.82. The molecular formula is C7H10O6S. The van der Waals surface area contributed by atoms with Crippen molar-refractivity contribution >= 4 is 30.5 Å². The molecule has 0 aliphatic rings. The van der Waals surface area contributed by atoms with E-state index in [1.807, 2.05) is 0 Å². The molecule has 0 aromatic carbocycles. The molecule has 0 bridgehead atoms. The summed E-state index contributed by atoms with van der Waals surface area (Å²) in [5.74, 6) is -4.77. The quantitative estimate of drug-likeness (QED) is 0.370. The Morgan fingerprint density at radius 3 is 1.71 bits per heavy atom. The molecule has 0 atom stereocenters. The Balaban J connectivity index is 5.04. The van der Waals surface area contributed by atoms with Crippen molar-refractivity contribution in [2.75, 3.05) is 5.75 Å². The van der Waals surface area contributed by atoms with E-state index in [-0.39, 0.29) is 12.2 Å². The number of hydrogen-bond donors (Lipinski definition) is 4. The van der Waals surface area contributed by atoms with Gasteiger partial charge in [-0.1, -0.05) is 0 Å². The Hall–Kier alpha value is -1.24. The molecule has 0 saturated heterocycles. The molecule has 0 unspecified atom stereocenters. The SMILES string of the molecule is O=C(O)CC(CCS)(C(=O)O)C(=O)O. The fourth-order valence-electron chi connectivity index (χ4n) is 0.994. The Bertz CT molecular complexity index is 247. The van der Waals surface area contributed by atoms with Crippen LogP contribution in [-0.2, 0) is 14.4 Å². The van der Waals surface area contributed by atoms with Crippen LogP contribution in [0, 0.1) is 5.41 Å². The summed E-state index contributed by atoms with van der Waals surface area (Å²) in [4.78, 5) is 31.8. The topological polar surface area (TPSA) is 112 Å². The predicted molar refractivity (Wildman–Crippen MR) is 48.4 cm³/mol. The zero-order valence-corrected chi connectivity index (χ0v) is 8.03. The van der Waals surface area contributed by atoms with Gasteiger partial charge in [-0.05, 0) is 12.2 Å². The van der Waals surface area contributed by atoms with Crippen LogP contribution in [0.15, 0.2) is 0 Å². The van der Waals surface area contributed by atoms with E-state index in [4.69, 9.17) is 15.3 Å². The highest BCUT2D eigenvalue weighted by Gasteiger charge is 2.47. The van der Waals surface area contributed by atoms with Crippen LogP contribution in [0.3, 0.4) is 0 Å². The molecule has 80 valence electrons. The molecule has 0 radical (unpaired) electrons. The minimum Gasteiger partial charge on any atom is -0.481 e. The first-order valence-electron chi connectivity index (χ1n) is 3.66. The summed E-state index contributed by atoms with van der Waals surface area (Å²) in [5.41, 5.74) is -2.27. The third kappa shape index (κ3) is 2.63. The molecule has 0 rings (SSSR count). The largest absolute Gasteiger partial charge is 0.481 e. The van der Waals surface area contributed by atoms with Gasteiger partial charge in [0, 0.05) is 0 Å². The van der Waals surface area contributed by atoms with E-state index in [1.165, 1.54) is 0 Å². The molecule has 0 aliphatic heterocycles. The zero-order valence-electron chi connectivity index (χ0n) is 7.13. The van der Waals surface area contributed by atoms with Crippen molar-refractivity contribution in [3.05, 3.63) is 0 Å². The summed E-state index contributed by atoms with van der Waals surface area (Å²) in [7, 11) is 0. The van der Waals surface area contributed by atoms with Gasteiger partial charge in [-0.25, -0.2) is 0 Å². The number of carboxylic acid groups (broad SMARTS) is 3. The van der Waals surface area contributed by atoms with E-state index in [9.17, 15) is 14.4 Å². The van der Waals surface area contributed by atoms with Crippen molar-refractivity contribution in [2.24, 2.45) is 5.41 Å². The van der Waals surface area contributed by atoms with Crippen LogP contribution in [0.2, 0.25) is 0 Å². The first kappa shape index (κ1) is 12.8. The number of hydrogen-bond acceptors (Lipinski definition) is 4. The summed E-state index contributed by atoms with van der Waals surface area (Å²) in [6.07, 6.45) is -1.27. The molecule has 0 aromatic heterocycles. The molecule has 0 aliphatic carbocycles. The summed E-state index contributed by atoms with van der Waals surface area (Å²) >= 11 is 3.71. The van der Waals surface area contributed by atoms with Gasteiger partial charge in [-0.15, -0.1) is 0 Å². The first-order valence-corrected chi connectivity index (χ1v) is 4.29. The summed E-state index contributed by atoms with van der Waals surface area (Å²) in [6.45, 7) is 0. The maximum absolute atomic E-state index is 10.7. The normalized spacial score (nSPS) is 10.9. The lowest BCUT2D eigenvalue weighted by Gasteiger charge is -2.21. The van der Waals surface area contributed by atoms with Crippen molar-refractivity contribution < 1.29 is 29.7 Å². The molecule has 14 heavy (non-hydrogen) atoms. The monoisotopic (exact) mass is 222 g/mol. The van der Waals surface area contributed by atoms with E-state index < -0.39 is 29.7 Å². The number of thiol groups is 1. The van der Waals surface area contributed by atoms with Crippen LogP contribution in [0.25, 0.3) is 0 Å². The zero-order chi connectivity index (χ0) is 11.4. The van der Waals surface area contributed by atoms with E-state index >= 15 is 0 Å². The molecule has 0 aromatic rings. The van der Waals surface area contributed by atoms with Crippen LogP contribution in [0.1, 0.15) is 12.8 Å². The molecule has 6 nitrogen and oxygen atoms in total. The standard InChI is InChI=1S/C7H10O6S/c8-4(9)3-7(1-2-14,5(10)11)6(12)13/h14H,1-3H2,(H,8,9)(H,10,11)(H,12,13). The van der Waals surface area contributed by atoms with Crippen molar-refractivity contribution in [3.8, 4) is 0 Å². The third-order valence-electron chi connectivity index (χ3n) is 1.81. The summed E-state index contributed by atoms with van der Waals surface area (Å²) < 4.78 is 0. The minimum atomic E-state index is -2.27. The minimum absolute atomic E-state index is 0.00806. The van der Waals surface area contributed by atoms with Crippen molar-refractivity contribution in [1.82, 2.24) is 0 Å². The maximum Gasteiger partial charge on any atom is 0.321 e. The average Bonchev–Trinajstić information content (AvgIpc) is 2.01. The Kier molecular flexibility index (Phi) is 4.42. The van der Waals surface area contributed by atoms with Gasteiger partial charge in [0.05, 0.1) is 6.42 Å². The van der Waals surface area contributed by atoms with Gasteiger partial charge in [-0.2, -0.15) is 12.6 Å². The lowest BCUT2D eigenvalue weighted by molar-refractivity contribution is -0.169. The van der Waals surface area contributed by atoms with E-state index in [0.29, 0.717) is 0 Å². The summed E-state index contributed by atoms with van der Waals surface area (Å²) in [6, 6.07) is 0. The van der Waals surface area contributed by atoms with Gasteiger partial charge < -0.3 is 15.3 Å². The number of rotatable bonds is 6. The third-order valence-corrected chi connectivity index (χ3v) is 2.03. The van der Waals surface area contributed by atoms with Crippen molar-refractivity contribution in [3.63, 3.8) is 0 Å². The second-order valence-corrected chi connectivity index (χ2v) is 3.18. The Labute approximate surface area is 85.0 Å². The number of carboxylic acids is 3. The number of carbonyl (C=O) groups is 3. The van der Waals surface area contributed by atoms with Crippen LogP contribution >= 0.6 is 12.6 Å². The van der Waals surface area contributed by atoms with Gasteiger partial charge in [0.2, 0.25) is 0 Å². The second kappa shape index (κ2) is 4.85. The van der Waals surface area contributed by atoms with E-state index in [0.717, 1.165) is 0 Å².